The largest absolute Gasteiger partial charge is 0.425 e. The van der Waals surface area contributed by atoms with E-state index in [2.05, 4.69) is 15.3 Å². The number of amides is 1. The molecule has 160 valence electrons. The SMILES string of the molecule is CC(NC(=O)c1cc(=O)[nH]c(-c2ccccc2)n1)C(=O)Oc1ccc(C(F)(F)F)cc1. The molecular weight excluding hydrogens is 415 g/mol. The van der Waals surface area contributed by atoms with Crippen molar-refractivity contribution in [2.24, 2.45) is 0 Å². The predicted octanol–water partition coefficient (Wildman–Crippen LogP) is 3.18. The fraction of sp³-hybridized carbons (Fsp3) is 0.143. The number of carbonyl (C=O) groups is 2. The smallest absolute Gasteiger partial charge is 0.416 e. The van der Waals surface area contributed by atoms with Crippen LogP contribution in [0, 0.1) is 0 Å². The van der Waals surface area contributed by atoms with E-state index in [-0.39, 0.29) is 17.3 Å². The number of nitrogens with one attached hydrogen (secondary N) is 2. The Hall–Kier alpha value is -3.95. The minimum Gasteiger partial charge on any atom is -0.425 e. The molecule has 1 unspecified atom stereocenters. The second-order valence-corrected chi connectivity index (χ2v) is 6.48. The van der Waals surface area contributed by atoms with Crippen LogP contribution >= 0.6 is 0 Å². The molecule has 7 nitrogen and oxygen atoms in total. The maximum absolute atomic E-state index is 12.6. The Morgan fingerprint density at radius 2 is 1.71 bits per heavy atom. The molecule has 0 bridgehead atoms. The number of benzene rings is 2. The van der Waals surface area contributed by atoms with Crippen molar-refractivity contribution in [2.75, 3.05) is 0 Å². The Balaban J connectivity index is 1.68. The highest BCUT2D eigenvalue weighted by Gasteiger charge is 2.30. The molecule has 10 heteroatoms. The van der Waals surface area contributed by atoms with E-state index in [4.69, 9.17) is 4.74 Å². The molecule has 0 spiro atoms. The molecule has 1 heterocycles. The molecule has 0 aliphatic heterocycles. The summed E-state index contributed by atoms with van der Waals surface area (Å²) in [6, 6.07) is 12.0. The topological polar surface area (TPSA) is 101 Å². The molecule has 2 aromatic carbocycles. The summed E-state index contributed by atoms with van der Waals surface area (Å²) in [6.07, 6.45) is -4.51. The molecule has 0 aliphatic rings. The van der Waals surface area contributed by atoms with Crippen LogP contribution in [0.5, 0.6) is 5.75 Å². The van der Waals surface area contributed by atoms with Gasteiger partial charge < -0.3 is 15.0 Å². The van der Waals surface area contributed by atoms with Crippen LogP contribution in [0.3, 0.4) is 0 Å². The summed E-state index contributed by atoms with van der Waals surface area (Å²) in [4.78, 5) is 43.1. The third-order valence-electron chi connectivity index (χ3n) is 4.12. The lowest BCUT2D eigenvalue weighted by Gasteiger charge is -2.14. The molecule has 31 heavy (non-hydrogen) atoms. The van der Waals surface area contributed by atoms with Crippen molar-refractivity contribution in [3.05, 3.63) is 82.3 Å². The number of esters is 1. The number of aromatic amines is 1. The third-order valence-corrected chi connectivity index (χ3v) is 4.12. The van der Waals surface area contributed by atoms with Crippen LogP contribution in [0.25, 0.3) is 11.4 Å². The first-order valence-corrected chi connectivity index (χ1v) is 9.00. The molecule has 3 aromatic rings. The second kappa shape index (κ2) is 8.82. The van der Waals surface area contributed by atoms with Gasteiger partial charge in [0.2, 0.25) is 0 Å². The van der Waals surface area contributed by atoms with E-state index in [1.807, 2.05) is 0 Å². The summed E-state index contributed by atoms with van der Waals surface area (Å²) in [5.41, 5.74) is -1.07. The molecule has 0 fully saturated rings. The van der Waals surface area contributed by atoms with Crippen molar-refractivity contribution in [3.8, 4) is 17.1 Å². The van der Waals surface area contributed by atoms with Crippen LogP contribution in [-0.2, 0) is 11.0 Å². The van der Waals surface area contributed by atoms with E-state index in [1.165, 1.54) is 6.92 Å². The van der Waals surface area contributed by atoms with Gasteiger partial charge in [-0.2, -0.15) is 13.2 Å². The summed E-state index contributed by atoms with van der Waals surface area (Å²) in [5, 5.41) is 2.35. The van der Waals surface area contributed by atoms with E-state index >= 15 is 0 Å². The molecule has 1 atom stereocenters. The molecule has 3 rings (SSSR count). The van der Waals surface area contributed by atoms with Gasteiger partial charge in [-0.25, -0.2) is 9.78 Å². The summed E-state index contributed by atoms with van der Waals surface area (Å²) >= 11 is 0. The lowest BCUT2D eigenvalue weighted by molar-refractivity contribution is -0.137. The van der Waals surface area contributed by atoms with E-state index in [9.17, 15) is 27.6 Å². The predicted molar refractivity (Wildman–Crippen MR) is 104 cm³/mol. The van der Waals surface area contributed by atoms with Crippen molar-refractivity contribution >= 4 is 11.9 Å². The van der Waals surface area contributed by atoms with E-state index in [0.29, 0.717) is 5.56 Å². The van der Waals surface area contributed by atoms with Gasteiger partial charge in [-0.1, -0.05) is 30.3 Å². The number of carbonyl (C=O) groups excluding carboxylic acids is 2. The maximum atomic E-state index is 12.6. The van der Waals surface area contributed by atoms with E-state index < -0.39 is 35.2 Å². The van der Waals surface area contributed by atoms with Crippen LogP contribution < -0.4 is 15.6 Å². The molecule has 0 radical (unpaired) electrons. The average molecular weight is 431 g/mol. The molecule has 2 N–H and O–H groups in total. The average Bonchev–Trinajstić information content (AvgIpc) is 2.73. The highest BCUT2D eigenvalue weighted by Crippen LogP contribution is 2.30. The molecule has 0 aliphatic carbocycles. The zero-order valence-electron chi connectivity index (χ0n) is 16.1. The maximum Gasteiger partial charge on any atom is 0.416 e. The van der Waals surface area contributed by atoms with Crippen LogP contribution in [0.1, 0.15) is 23.0 Å². The van der Waals surface area contributed by atoms with Gasteiger partial charge in [0.1, 0.15) is 23.3 Å². The second-order valence-electron chi connectivity index (χ2n) is 6.48. The fourth-order valence-corrected chi connectivity index (χ4v) is 2.55. The van der Waals surface area contributed by atoms with Crippen molar-refractivity contribution in [1.82, 2.24) is 15.3 Å². The van der Waals surface area contributed by atoms with Crippen molar-refractivity contribution in [1.29, 1.82) is 0 Å². The van der Waals surface area contributed by atoms with Gasteiger partial charge in [0.05, 0.1) is 5.56 Å². The molecule has 0 saturated carbocycles. The Morgan fingerprint density at radius 3 is 2.32 bits per heavy atom. The lowest BCUT2D eigenvalue weighted by atomic mass is 10.2. The minimum absolute atomic E-state index is 0.111. The van der Waals surface area contributed by atoms with Gasteiger partial charge >= 0.3 is 12.1 Å². The van der Waals surface area contributed by atoms with Gasteiger partial charge in [0.15, 0.2) is 0 Å². The van der Waals surface area contributed by atoms with Gasteiger partial charge in [0, 0.05) is 11.6 Å². The highest BCUT2D eigenvalue weighted by molar-refractivity contribution is 5.95. The fourth-order valence-electron chi connectivity index (χ4n) is 2.55. The van der Waals surface area contributed by atoms with E-state index in [1.54, 1.807) is 30.3 Å². The quantitative estimate of drug-likeness (QED) is 0.477. The number of rotatable bonds is 5. The molecule has 0 saturated heterocycles. The van der Waals surface area contributed by atoms with Crippen LogP contribution in [-0.4, -0.2) is 27.9 Å². The lowest BCUT2D eigenvalue weighted by Crippen LogP contribution is -2.41. The molecule has 1 aromatic heterocycles. The Morgan fingerprint density at radius 1 is 1.06 bits per heavy atom. The number of aromatic nitrogens is 2. The first-order chi connectivity index (χ1) is 14.6. The van der Waals surface area contributed by atoms with Crippen molar-refractivity contribution in [3.63, 3.8) is 0 Å². The third kappa shape index (κ3) is 5.56. The van der Waals surface area contributed by atoms with E-state index in [0.717, 1.165) is 30.3 Å². The summed E-state index contributed by atoms with van der Waals surface area (Å²) in [7, 11) is 0. The number of hydrogen-bond acceptors (Lipinski definition) is 5. The normalized spacial score (nSPS) is 12.1. The summed E-state index contributed by atoms with van der Waals surface area (Å²) < 4.78 is 42.8. The highest BCUT2D eigenvalue weighted by atomic mass is 19.4. The number of alkyl halides is 3. The van der Waals surface area contributed by atoms with Gasteiger partial charge in [-0.15, -0.1) is 0 Å². The van der Waals surface area contributed by atoms with Gasteiger partial charge in [-0.3, -0.25) is 9.59 Å². The summed E-state index contributed by atoms with van der Waals surface area (Å²) in [6.45, 7) is 1.33. The first-order valence-electron chi connectivity index (χ1n) is 9.00. The zero-order chi connectivity index (χ0) is 22.6. The van der Waals surface area contributed by atoms with Crippen molar-refractivity contribution < 1.29 is 27.5 Å². The standard InChI is InChI=1S/C21H16F3N3O4/c1-12(20(30)31-15-9-7-14(8-10-15)21(22,23)24)25-19(29)16-11-17(28)27-18(26-16)13-5-3-2-4-6-13/h2-12H,1H3,(H,25,29)(H,26,27,28). The van der Waals surface area contributed by atoms with Crippen LogP contribution in [0.15, 0.2) is 65.5 Å². The Kier molecular flexibility index (Phi) is 6.19. The number of halogens is 3. The summed E-state index contributed by atoms with van der Waals surface area (Å²) in [5.74, 6) is -1.63. The molecular formula is C21H16F3N3O4. The van der Waals surface area contributed by atoms with Crippen molar-refractivity contribution in [2.45, 2.75) is 19.1 Å². The van der Waals surface area contributed by atoms with Gasteiger partial charge in [0.25, 0.3) is 11.5 Å². The number of hydrogen-bond donors (Lipinski definition) is 2. The molecule has 1 amide bonds. The zero-order valence-corrected chi connectivity index (χ0v) is 16.1. The number of nitrogens with zero attached hydrogens (tertiary/aromatic N) is 1. The van der Waals surface area contributed by atoms with Crippen LogP contribution in [0.4, 0.5) is 13.2 Å². The Bertz CT molecular complexity index is 1140. The number of H-pyrrole nitrogens is 1. The number of ether oxygens (including phenoxy) is 1. The first kappa shape index (κ1) is 21.8. The minimum atomic E-state index is -4.51. The van der Waals surface area contributed by atoms with Gasteiger partial charge in [-0.05, 0) is 31.2 Å². The van der Waals surface area contributed by atoms with Crippen LogP contribution in [0.2, 0.25) is 0 Å². The Labute approximate surface area is 173 Å². The monoisotopic (exact) mass is 431 g/mol.